The van der Waals surface area contributed by atoms with Crippen LogP contribution in [0.3, 0.4) is 0 Å². The summed E-state index contributed by atoms with van der Waals surface area (Å²) in [6, 6.07) is 8.74. The third kappa shape index (κ3) is 3.28. The molecule has 1 atom stereocenters. The first-order chi connectivity index (χ1) is 14.0. The molecule has 1 saturated carbocycles. The summed E-state index contributed by atoms with van der Waals surface area (Å²) in [7, 11) is 0. The second-order valence-corrected chi connectivity index (χ2v) is 7.56. The highest BCUT2D eigenvalue weighted by Crippen LogP contribution is 2.47. The lowest BCUT2D eigenvalue weighted by molar-refractivity contribution is 0.195. The van der Waals surface area contributed by atoms with E-state index in [-0.39, 0.29) is 18.1 Å². The van der Waals surface area contributed by atoms with Crippen LogP contribution < -0.4 is 15.5 Å². The Morgan fingerprint density at radius 2 is 2.00 bits per heavy atom. The van der Waals surface area contributed by atoms with E-state index in [0.717, 1.165) is 24.2 Å². The first-order valence-corrected chi connectivity index (χ1v) is 9.59. The van der Waals surface area contributed by atoms with E-state index in [1.165, 1.54) is 4.90 Å². The number of hydrogen-bond donors (Lipinski definition) is 3. The van der Waals surface area contributed by atoms with Crippen LogP contribution in [0, 0.1) is 0 Å². The van der Waals surface area contributed by atoms with Crippen LogP contribution in [0.1, 0.15) is 18.5 Å². The zero-order valence-electron chi connectivity index (χ0n) is 15.3. The summed E-state index contributed by atoms with van der Waals surface area (Å²) in [5.41, 5.74) is 1.51. The molecule has 2 aliphatic rings. The molecular weight excluding hydrogens is 394 g/mol. The number of aromatic nitrogens is 4. The Balaban J connectivity index is 1.38. The van der Waals surface area contributed by atoms with Crippen LogP contribution in [0.4, 0.5) is 16.6 Å². The lowest BCUT2D eigenvalue weighted by Crippen LogP contribution is -2.35. The van der Waals surface area contributed by atoms with Crippen molar-refractivity contribution in [1.82, 2.24) is 24.8 Å². The number of anilines is 2. The zero-order chi connectivity index (χ0) is 20.0. The van der Waals surface area contributed by atoms with E-state index in [4.69, 9.17) is 11.6 Å². The quantitative estimate of drug-likeness (QED) is 0.594. The molecule has 1 aliphatic heterocycles. The first kappa shape index (κ1) is 17.9. The third-order valence-electron chi connectivity index (χ3n) is 5.14. The average Bonchev–Trinajstić information content (AvgIpc) is 3.17. The molecule has 29 heavy (non-hydrogen) atoms. The minimum atomic E-state index is -0.949. The Bertz CT molecular complexity index is 1060. The molecule has 0 radical (unpaired) electrons. The number of amides is 2. The van der Waals surface area contributed by atoms with Crippen LogP contribution >= 0.6 is 11.6 Å². The number of β-amino-alcohol motifs (C(OH)–C–C–N with tert-alkyl or cyclic N) is 1. The molecule has 5 rings (SSSR count). The maximum absolute atomic E-state index is 11.9. The molecule has 3 heterocycles. The van der Waals surface area contributed by atoms with Gasteiger partial charge >= 0.3 is 6.03 Å². The second-order valence-electron chi connectivity index (χ2n) is 7.12. The number of benzene rings is 1. The number of hydrogen-bond acceptors (Lipinski definition) is 6. The van der Waals surface area contributed by atoms with Crippen LogP contribution in [0.25, 0.3) is 5.69 Å². The maximum atomic E-state index is 11.9. The third-order valence-corrected chi connectivity index (χ3v) is 5.39. The van der Waals surface area contributed by atoms with E-state index in [0.29, 0.717) is 16.8 Å². The van der Waals surface area contributed by atoms with Crippen molar-refractivity contribution in [2.45, 2.75) is 24.6 Å². The normalized spacial score (nSPS) is 19.9. The number of imidazole rings is 1. The van der Waals surface area contributed by atoms with Crippen LogP contribution in [-0.4, -0.2) is 43.4 Å². The molecule has 10 heteroatoms. The van der Waals surface area contributed by atoms with Crippen molar-refractivity contribution in [2.75, 3.05) is 16.8 Å². The predicted octanol–water partition coefficient (Wildman–Crippen LogP) is 2.26. The summed E-state index contributed by atoms with van der Waals surface area (Å²) in [5, 5.41) is 16.6. The minimum Gasteiger partial charge on any atom is -0.371 e. The van der Waals surface area contributed by atoms with Gasteiger partial charge in [0.1, 0.15) is 5.82 Å². The summed E-state index contributed by atoms with van der Waals surface area (Å²) in [6.45, 7) is 0.164. The fraction of sp³-hybridized carbons (Fsp3) is 0.263. The van der Waals surface area contributed by atoms with Crippen molar-refractivity contribution in [2.24, 2.45) is 0 Å². The Morgan fingerprint density at radius 3 is 2.69 bits per heavy atom. The van der Waals surface area contributed by atoms with Crippen molar-refractivity contribution >= 4 is 29.4 Å². The largest absolute Gasteiger partial charge is 0.371 e. The molecule has 1 aliphatic carbocycles. The lowest BCUT2D eigenvalue weighted by Gasteiger charge is -2.19. The topological polar surface area (TPSA) is 108 Å². The molecule has 9 nitrogen and oxygen atoms in total. The van der Waals surface area contributed by atoms with Gasteiger partial charge in [-0.15, -0.1) is 0 Å². The highest BCUT2D eigenvalue weighted by atomic mass is 35.5. The van der Waals surface area contributed by atoms with Gasteiger partial charge in [-0.2, -0.15) is 4.98 Å². The van der Waals surface area contributed by atoms with E-state index < -0.39 is 6.23 Å². The number of carbonyl (C=O) groups excluding carboxylic acids is 1. The number of carbonyl (C=O) groups is 1. The summed E-state index contributed by atoms with van der Waals surface area (Å²) in [5.74, 6) is 0.723. The highest BCUT2D eigenvalue weighted by molar-refractivity contribution is 6.30. The van der Waals surface area contributed by atoms with E-state index in [1.54, 1.807) is 18.6 Å². The van der Waals surface area contributed by atoms with Crippen molar-refractivity contribution in [3.8, 4) is 5.69 Å². The van der Waals surface area contributed by atoms with E-state index >= 15 is 0 Å². The molecule has 0 unspecified atom stereocenters. The Morgan fingerprint density at radius 1 is 1.21 bits per heavy atom. The summed E-state index contributed by atoms with van der Waals surface area (Å²) < 4.78 is 1.94. The molecule has 1 saturated heterocycles. The second kappa shape index (κ2) is 6.71. The van der Waals surface area contributed by atoms with E-state index in [1.807, 2.05) is 35.0 Å². The van der Waals surface area contributed by atoms with Gasteiger partial charge in [-0.3, -0.25) is 0 Å². The van der Waals surface area contributed by atoms with Gasteiger partial charge in [-0.1, -0.05) is 11.6 Å². The molecule has 3 N–H and O–H groups in total. The Labute approximate surface area is 171 Å². The fourth-order valence-corrected chi connectivity index (χ4v) is 3.53. The highest BCUT2D eigenvalue weighted by Gasteiger charge is 2.47. The molecule has 0 spiro atoms. The molecule has 0 bridgehead atoms. The summed E-state index contributed by atoms with van der Waals surface area (Å²) in [4.78, 5) is 26.4. The van der Waals surface area contributed by atoms with E-state index in [9.17, 15) is 9.90 Å². The van der Waals surface area contributed by atoms with Crippen molar-refractivity contribution in [3.05, 3.63) is 59.8 Å². The van der Waals surface area contributed by atoms with Crippen molar-refractivity contribution < 1.29 is 9.90 Å². The molecule has 2 amide bonds. The van der Waals surface area contributed by atoms with Gasteiger partial charge in [0.25, 0.3) is 0 Å². The van der Waals surface area contributed by atoms with Gasteiger partial charge < -0.3 is 20.3 Å². The van der Waals surface area contributed by atoms with Gasteiger partial charge in [0.2, 0.25) is 5.95 Å². The number of halogens is 1. The smallest absolute Gasteiger partial charge is 0.325 e. The number of aliphatic hydroxyl groups is 1. The van der Waals surface area contributed by atoms with Crippen molar-refractivity contribution in [3.63, 3.8) is 0 Å². The molecule has 148 valence electrons. The zero-order valence-corrected chi connectivity index (χ0v) is 16.0. The van der Waals surface area contributed by atoms with Crippen molar-refractivity contribution in [1.29, 1.82) is 0 Å². The van der Waals surface area contributed by atoms with Gasteiger partial charge in [0.05, 0.1) is 24.1 Å². The standard InChI is InChI=1S/C19H18ClN7O2/c20-12-1-3-13(4-2-12)26-10-14(23-11-26)19(6-7-19)25-17-21-8-5-15(24-17)27-16(28)9-22-18(27)29/h1-5,8,10-11,16,28H,6-7,9H2,(H,22,29)(H,21,24,25)/t16-/m0/s1. The SMILES string of the molecule is O=C1NC[C@H](O)N1c1ccnc(NC2(c3cn(-c4ccc(Cl)cc4)cn3)CC2)n1. The molecule has 2 aromatic heterocycles. The molecule has 3 aromatic rings. The number of nitrogens with one attached hydrogen (secondary N) is 2. The van der Waals surface area contributed by atoms with Crippen LogP contribution in [-0.2, 0) is 5.54 Å². The number of aliphatic hydroxyl groups excluding tert-OH is 1. The number of rotatable bonds is 5. The van der Waals surface area contributed by atoms with Gasteiger partial charge in [0.15, 0.2) is 6.23 Å². The Kier molecular flexibility index (Phi) is 4.14. The monoisotopic (exact) mass is 411 g/mol. The minimum absolute atomic E-state index is 0.164. The van der Waals surface area contributed by atoms with E-state index in [2.05, 4.69) is 25.6 Å². The molecule has 1 aromatic carbocycles. The fourth-order valence-electron chi connectivity index (χ4n) is 3.40. The van der Waals surface area contributed by atoms with Gasteiger partial charge in [-0.05, 0) is 43.2 Å². The van der Waals surface area contributed by atoms with Gasteiger partial charge in [-0.25, -0.2) is 19.7 Å². The Hall–Kier alpha value is -3.17. The summed E-state index contributed by atoms with van der Waals surface area (Å²) >= 11 is 5.96. The summed E-state index contributed by atoms with van der Waals surface area (Å²) in [6.07, 6.45) is 6.14. The van der Waals surface area contributed by atoms with Gasteiger partial charge in [0, 0.05) is 23.1 Å². The molecule has 2 fully saturated rings. The molecular formula is C19H18ClN7O2. The predicted molar refractivity (Wildman–Crippen MR) is 107 cm³/mol. The van der Waals surface area contributed by atoms with Crippen LogP contribution in [0.2, 0.25) is 5.02 Å². The average molecular weight is 412 g/mol. The number of urea groups is 1. The number of nitrogens with zero attached hydrogens (tertiary/aromatic N) is 5. The first-order valence-electron chi connectivity index (χ1n) is 9.21. The van der Waals surface area contributed by atoms with Crippen LogP contribution in [0.15, 0.2) is 49.1 Å². The lowest BCUT2D eigenvalue weighted by atomic mass is 10.2. The maximum Gasteiger partial charge on any atom is 0.325 e. The van der Waals surface area contributed by atoms with Crippen LogP contribution in [0.5, 0.6) is 0 Å².